The van der Waals surface area contributed by atoms with E-state index >= 15 is 0 Å². The minimum Gasteiger partial charge on any atom is -0.493 e. The van der Waals surface area contributed by atoms with Crippen molar-refractivity contribution in [1.29, 1.82) is 0 Å². The topological polar surface area (TPSA) is 155 Å². The van der Waals surface area contributed by atoms with Crippen LogP contribution in [0, 0.1) is 19.7 Å². The highest BCUT2D eigenvalue weighted by Crippen LogP contribution is 2.34. The zero-order valence-electron chi connectivity index (χ0n) is 26.5. The first-order valence-electron chi connectivity index (χ1n) is 13.9. The van der Waals surface area contributed by atoms with Gasteiger partial charge in [0.05, 0.1) is 22.8 Å². The molecule has 4 aromatic rings. The molecule has 1 N–H and O–H groups in total. The van der Waals surface area contributed by atoms with Gasteiger partial charge in [0.1, 0.15) is 22.5 Å². The SMILES string of the molecule is CCOC(=O)C(Cl)Cc1cc(-n2nc(C)n(C(F)F)c2=O)c(F)cc1Cl.Cc1nn(C)c(O)c1C(=O)c1ccc(C(F)(F)F)cc1S(C)(=O)=O. The molecular weight excluding hydrogens is 747 g/mol. The zero-order chi connectivity index (χ0) is 38.0. The number of benzene rings is 2. The van der Waals surface area contributed by atoms with Crippen molar-refractivity contribution in [3.63, 3.8) is 0 Å². The molecule has 0 aliphatic rings. The summed E-state index contributed by atoms with van der Waals surface area (Å²) in [5.74, 6) is -3.35. The average molecular weight is 775 g/mol. The minimum atomic E-state index is -4.76. The fraction of sp³-hybridized carbons (Fsp3) is 0.345. The Hall–Kier alpha value is -4.36. The summed E-state index contributed by atoms with van der Waals surface area (Å²) in [4.78, 5) is 35.5. The molecule has 21 heteroatoms. The Morgan fingerprint density at radius 2 is 1.72 bits per heavy atom. The molecule has 0 aliphatic carbocycles. The van der Waals surface area contributed by atoms with Gasteiger partial charge in [-0.05, 0) is 56.7 Å². The predicted molar refractivity (Wildman–Crippen MR) is 166 cm³/mol. The average Bonchev–Trinajstić information content (AvgIpc) is 3.44. The fourth-order valence-corrected chi connectivity index (χ4v) is 5.86. The highest BCUT2D eigenvalue weighted by Gasteiger charge is 2.34. The molecule has 4 rings (SSSR count). The van der Waals surface area contributed by atoms with Crippen LogP contribution in [-0.4, -0.2) is 67.6 Å². The van der Waals surface area contributed by atoms with E-state index in [1.54, 1.807) is 6.92 Å². The van der Waals surface area contributed by atoms with Crippen LogP contribution in [0.3, 0.4) is 0 Å². The number of alkyl halides is 6. The molecule has 0 spiro atoms. The standard InChI is InChI=1S/C15H14Cl2F3N3O3.C14H13F3N2O4S/c1-3-26-13(24)10(17)4-8-5-12(11(18)6-9(8)16)23-15(25)22(14(19)20)7(2)21-23;1-7-11(13(21)19(2)18-7)12(20)9-5-4-8(14(15,16)17)6-10(9)24(3,22)23/h5-6,10,14H,3-4H2,1-2H3;4-6,21H,1-3H3. The number of hydrogen-bond acceptors (Lipinski definition) is 9. The Labute approximate surface area is 289 Å². The molecule has 0 fully saturated rings. The molecule has 2 heterocycles. The lowest BCUT2D eigenvalue weighted by molar-refractivity contribution is -0.142. The number of nitrogens with zero attached hydrogens (tertiary/aromatic N) is 5. The quantitative estimate of drug-likeness (QED) is 0.103. The number of sulfone groups is 1. The second-order valence-corrected chi connectivity index (χ2v) is 13.3. The van der Waals surface area contributed by atoms with Crippen LogP contribution in [0.15, 0.2) is 40.0 Å². The van der Waals surface area contributed by atoms with Gasteiger partial charge in [0.25, 0.3) is 0 Å². The van der Waals surface area contributed by atoms with Crippen LogP contribution in [0.2, 0.25) is 5.02 Å². The van der Waals surface area contributed by atoms with Gasteiger partial charge >= 0.3 is 24.4 Å². The second-order valence-electron chi connectivity index (χ2n) is 10.4. The van der Waals surface area contributed by atoms with Crippen molar-refractivity contribution in [1.82, 2.24) is 24.1 Å². The van der Waals surface area contributed by atoms with Crippen molar-refractivity contribution in [2.75, 3.05) is 12.9 Å². The number of carbonyl (C=O) groups excluding carboxylic acids is 2. The second kappa shape index (κ2) is 15.3. The Morgan fingerprint density at radius 3 is 2.20 bits per heavy atom. The molecule has 0 aliphatic heterocycles. The molecule has 2 aromatic heterocycles. The molecule has 0 amide bonds. The van der Waals surface area contributed by atoms with Crippen LogP contribution < -0.4 is 5.69 Å². The number of hydrogen-bond donors (Lipinski definition) is 1. The highest BCUT2D eigenvalue weighted by atomic mass is 35.5. The maximum Gasteiger partial charge on any atom is 0.416 e. The third-order valence-corrected chi connectivity index (χ3v) is 8.65. The van der Waals surface area contributed by atoms with E-state index < -0.39 is 73.1 Å². The monoisotopic (exact) mass is 773 g/mol. The third-order valence-electron chi connectivity index (χ3n) is 6.83. The van der Waals surface area contributed by atoms with Gasteiger partial charge in [-0.2, -0.15) is 31.7 Å². The number of carbonyl (C=O) groups is 2. The van der Waals surface area contributed by atoms with Gasteiger partial charge in [0.15, 0.2) is 15.7 Å². The number of ketones is 1. The van der Waals surface area contributed by atoms with E-state index in [2.05, 4.69) is 10.2 Å². The van der Waals surface area contributed by atoms with Gasteiger partial charge in [-0.3, -0.25) is 9.59 Å². The summed E-state index contributed by atoms with van der Waals surface area (Å²) in [7, 11) is -2.75. The summed E-state index contributed by atoms with van der Waals surface area (Å²) in [5.41, 5.74) is -3.15. The van der Waals surface area contributed by atoms with Crippen LogP contribution in [0.25, 0.3) is 5.69 Å². The predicted octanol–water partition coefficient (Wildman–Crippen LogP) is 5.33. The van der Waals surface area contributed by atoms with Crippen molar-refractivity contribution in [3.05, 3.63) is 85.4 Å². The maximum atomic E-state index is 14.2. The van der Waals surface area contributed by atoms with Crippen LogP contribution in [-0.2, 0) is 39.0 Å². The lowest BCUT2D eigenvalue weighted by atomic mass is 10.0. The lowest BCUT2D eigenvalue weighted by Crippen LogP contribution is -2.25. The number of rotatable bonds is 9. The van der Waals surface area contributed by atoms with E-state index in [1.807, 2.05) is 0 Å². The van der Waals surface area contributed by atoms with Crippen molar-refractivity contribution < 1.29 is 54.2 Å². The van der Waals surface area contributed by atoms with E-state index in [1.165, 1.54) is 20.9 Å². The Balaban J connectivity index is 0.000000271. The molecule has 0 radical (unpaired) electrons. The van der Waals surface area contributed by atoms with E-state index in [4.69, 9.17) is 27.9 Å². The Kier molecular flexibility index (Phi) is 12.2. The first-order chi connectivity index (χ1) is 23.0. The van der Waals surface area contributed by atoms with E-state index in [-0.39, 0.29) is 51.0 Å². The number of aromatic nitrogens is 5. The molecule has 0 bridgehead atoms. The number of aromatic hydroxyl groups is 1. The van der Waals surface area contributed by atoms with E-state index in [0.29, 0.717) is 23.1 Å². The Morgan fingerprint density at radius 1 is 1.10 bits per heavy atom. The van der Waals surface area contributed by atoms with Crippen molar-refractivity contribution in [2.45, 2.75) is 50.2 Å². The molecule has 0 saturated carbocycles. The highest BCUT2D eigenvalue weighted by molar-refractivity contribution is 7.90. The number of ether oxygens (including phenoxy) is 1. The van der Waals surface area contributed by atoms with Gasteiger partial charge in [-0.15, -0.1) is 16.7 Å². The van der Waals surface area contributed by atoms with Crippen molar-refractivity contribution in [2.24, 2.45) is 7.05 Å². The molecule has 50 heavy (non-hydrogen) atoms. The summed E-state index contributed by atoms with van der Waals surface area (Å²) in [6.45, 7) is 1.22. The number of halogens is 8. The van der Waals surface area contributed by atoms with Gasteiger partial charge in [0, 0.05) is 30.3 Å². The van der Waals surface area contributed by atoms with Gasteiger partial charge in [-0.1, -0.05) is 11.6 Å². The van der Waals surface area contributed by atoms with Crippen LogP contribution in [0.5, 0.6) is 5.88 Å². The maximum absolute atomic E-state index is 14.2. The fourth-order valence-electron chi connectivity index (χ4n) is 4.51. The van der Waals surface area contributed by atoms with Crippen LogP contribution in [0.1, 0.15) is 52.0 Å². The third kappa shape index (κ3) is 8.67. The smallest absolute Gasteiger partial charge is 0.416 e. The minimum absolute atomic E-state index is 0.0424. The van der Waals surface area contributed by atoms with Gasteiger partial charge in [0.2, 0.25) is 11.7 Å². The van der Waals surface area contributed by atoms with E-state index in [0.717, 1.165) is 22.9 Å². The van der Waals surface area contributed by atoms with Crippen molar-refractivity contribution in [3.8, 4) is 11.6 Å². The normalized spacial score (nSPS) is 12.4. The zero-order valence-corrected chi connectivity index (χ0v) is 28.8. The van der Waals surface area contributed by atoms with Crippen molar-refractivity contribution >= 4 is 44.8 Å². The number of esters is 1. The summed E-state index contributed by atoms with van der Waals surface area (Å²) in [6, 6.07) is 3.84. The van der Waals surface area contributed by atoms with E-state index in [9.17, 15) is 54.3 Å². The van der Waals surface area contributed by atoms with Gasteiger partial charge in [-0.25, -0.2) is 26.9 Å². The molecular formula is C29H27Cl2F6N5O7S. The Bertz CT molecular complexity index is 2110. The van der Waals surface area contributed by atoms with Crippen LogP contribution in [0.4, 0.5) is 26.3 Å². The number of aryl methyl sites for hydroxylation is 3. The molecule has 1 atom stereocenters. The molecule has 1 unspecified atom stereocenters. The summed E-state index contributed by atoms with van der Waals surface area (Å²) < 4.78 is 109. The molecule has 12 nitrogen and oxygen atoms in total. The van der Waals surface area contributed by atoms with Gasteiger partial charge < -0.3 is 9.84 Å². The summed E-state index contributed by atoms with van der Waals surface area (Å²) in [5, 5.41) is 16.2. The molecule has 272 valence electrons. The first-order valence-corrected chi connectivity index (χ1v) is 16.7. The summed E-state index contributed by atoms with van der Waals surface area (Å²) in [6.07, 6.45) is -4.17. The van der Waals surface area contributed by atoms with Crippen LogP contribution >= 0.6 is 23.2 Å². The summed E-state index contributed by atoms with van der Waals surface area (Å²) >= 11 is 11.9. The molecule has 0 saturated heterocycles. The largest absolute Gasteiger partial charge is 0.493 e. The lowest BCUT2D eigenvalue weighted by Gasteiger charge is -2.12. The first kappa shape index (κ1) is 40.1. The molecule has 2 aromatic carbocycles.